The monoisotopic (exact) mass is 571 g/mol. The van der Waals surface area contributed by atoms with Crippen LogP contribution in [-0.4, -0.2) is 76.5 Å². The third-order valence-corrected chi connectivity index (χ3v) is 8.48. The molecule has 1 saturated heterocycles. The molecule has 4 atom stereocenters. The van der Waals surface area contributed by atoms with Crippen molar-refractivity contribution in [3.05, 3.63) is 71.3 Å². The van der Waals surface area contributed by atoms with Gasteiger partial charge in [-0.25, -0.2) is 4.79 Å². The Hall–Kier alpha value is -3.08. The minimum atomic E-state index is -1.60. The van der Waals surface area contributed by atoms with Crippen LogP contribution < -0.4 is 10.6 Å². The van der Waals surface area contributed by atoms with E-state index >= 15 is 0 Å². The molecular weight excluding hydrogens is 530 g/mol. The molecule has 10 heteroatoms. The van der Waals surface area contributed by atoms with E-state index in [4.69, 9.17) is 9.47 Å². The van der Waals surface area contributed by atoms with Gasteiger partial charge in [0.2, 0.25) is 5.91 Å². The maximum absolute atomic E-state index is 13.7. The van der Waals surface area contributed by atoms with Gasteiger partial charge in [-0.1, -0.05) is 61.5 Å². The number of alkyl carbamates (subject to hydrolysis) is 1. The molecule has 1 heterocycles. The molecule has 0 radical (unpaired) electrons. The summed E-state index contributed by atoms with van der Waals surface area (Å²) >= 11 is 1.47. The molecule has 0 aliphatic carbocycles. The summed E-state index contributed by atoms with van der Waals surface area (Å²) in [5, 5.41) is 17.0. The van der Waals surface area contributed by atoms with Crippen molar-refractivity contribution in [2.45, 2.75) is 76.1 Å². The van der Waals surface area contributed by atoms with Crippen molar-refractivity contribution >= 4 is 29.7 Å². The highest BCUT2D eigenvalue weighted by Crippen LogP contribution is 2.40. The first-order chi connectivity index (χ1) is 19.1. The first kappa shape index (κ1) is 31.4. The molecule has 2 aromatic carbocycles. The van der Waals surface area contributed by atoms with Gasteiger partial charge in [-0.2, -0.15) is 0 Å². The number of ether oxygens (including phenoxy) is 2. The summed E-state index contributed by atoms with van der Waals surface area (Å²) in [5.74, 6) is -0.685. The number of nitrogens with zero attached hydrogens (tertiary/aromatic N) is 1. The van der Waals surface area contributed by atoms with Gasteiger partial charge in [0, 0.05) is 18.4 Å². The summed E-state index contributed by atoms with van der Waals surface area (Å²) in [4.78, 5) is 41.4. The number of hydrogen-bond donors (Lipinski definition) is 3. The van der Waals surface area contributed by atoms with Gasteiger partial charge in [0.25, 0.3) is 5.91 Å². The molecule has 3 rings (SSSR count). The number of carbonyl (C=O) groups excluding carboxylic acids is 3. The van der Waals surface area contributed by atoms with Crippen LogP contribution in [0.3, 0.4) is 0 Å². The van der Waals surface area contributed by atoms with Crippen molar-refractivity contribution in [2.75, 3.05) is 19.6 Å². The smallest absolute Gasteiger partial charge is 0.407 e. The summed E-state index contributed by atoms with van der Waals surface area (Å²) in [6.07, 6.45) is -2.08. The molecule has 1 fully saturated rings. The van der Waals surface area contributed by atoms with Crippen molar-refractivity contribution in [1.82, 2.24) is 15.5 Å². The van der Waals surface area contributed by atoms with Gasteiger partial charge in [0.1, 0.15) is 12.1 Å². The van der Waals surface area contributed by atoms with Crippen LogP contribution in [-0.2, 0) is 32.0 Å². The standard InChI is InChI=1S/C30H41N3O6S/c1-6-23(18-38-5)39-29(37)32-24(16-21-13-8-7-9-14-21)25(34)28(36)33-19-40-30(3,4)26(33)27(35)31-17-22-15-11-10-12-20(22)2/h7-15,23-26,34H,6,16-19H2,1-5H3,(H,31,35)(H,32,37). The highest BCUT2D eigenvalue weighted by molar-refractivity contribution is 8.00. The van der Waals surface area contributed by atoms with Crippen LogP contribution in [0.25, 0.3) is 0 Å². The average molecular weight is 572 g/mol. The Morgan fingerprint density at radius 3 is 2.45 bits per heavy atom. The number of amides is 3. The molecule has 0 spiro atoms. The lowest BCUT2D eigenvalue weighted by atomic mass is 9.97. The number of aryl methyl sites for hydroxylation is 1. The summed E-state index contributed by atoms with van der Waals surface area (Å²) in [6, 6.07) is 15.3. The molecule has 40 heavy (non-hydrogen) atoms. The highest BCUT2D eigenvalue weighted by atomic mass is 32.2. The topological polar surface area (TPSA) is 117 Å². The normalized spacial score (nSPS) is 18.4. The van der Waals surface area contributed by atoms with Crippen molar-refractivity contribution in [3.63, 3.8) is 0 Å². The molecule has 9 nitrogen and oxygen atoms in total. The second-order valence-corrected chi connectivity index (χ2v) is 12.1. The van der Waals surface area contributed by atoms with Gasteiger partial charge < -0.3 is 30.1 Å². The van der Waals surface area contributed by atoms with Crippen LogP contribution in [0, 0.1) is 6.92 Å². The van der Waals surface area contributed by atoms with Gasteiger partial charge in [-0.3, -0.25) is 9.59 Å². The van der Waals surface area contributed by atoms with E-state index in [1.54, 1.807) is 0 Å². The van der Waals surface area contributed by atoms with Crippen LogP contribution in [0.4, 0.5) is 4.79 Å². The van der Waals surface area contributed by atoms with Crippen LogP contribution in [0.1, 0.15) is 43.9 Å². The fourth-order valence-electron chi connectivity index (χ4n) is 4.71. The Morgan fingerprint density at radius 2 is 1.80 bits per heavy atom. The van der Waals surface area contributed by atoms with E-state index in [2.05, 4.69) is 10.6 Å². The van der Waals surface area contributed by atoms with Gasteiger partial charge in [-0.15, -0.1) is 11.8 Å². The van der Waals surface area contributed by atoms with Crippen LogP contribution in [0.5, 0.6) is 0 Å². The average Bonchev–Trinajstić information content (AvgIpc) is 3.26. The van der Waals surface area contributed by atoms with E-state index in [1.165, 1.54) is 23.8 Å². The lowest BCUT2D eigenvalue weighted by Crippen LogP contribution is -2.58. The summed E-state index contributed by atoms with van der Waals surface area (Å²) in [5.41, 5.74) is 2.87. The van der Waals surface area contributed by atoms with Crippen molar-refractivity contribution in [3.8, 4) is 0 Å². The second kappa shape index (κ2) is 14.5. The zero-order chi connectivity index (χ0) is 29.3. The first-order valence-electron chi connectivity index (χ1n) is 13.5. The number of nitrogens with one attached hydrogen (secondary N) is 2. The Kier molecular flexibility index (Phi) is 11.4. The number of aliphatic hydroxyl groups is 1. The molecule has 218 valence electrons. The largest absolute Gasteiger partial charge is 0.444 e. The maximum Gasteiger partial charge on any atom is 0.407 e. The fraction of sp³-hybridized carbons (Fsp3) is 0.500. The minimum Gasteiger partial charge on any atom is -0.444 e. The molecule has 0 saturated carbocycles. The Balaban J connectivity index is 1.78. The minimum absolute atomic E-state index is 0.193. The SMILES string of the molecule is CCC(COC)OC(=O)NC(Cc1ccccc1)C(O)C(=O)N1CSC(C)(C)C1C(=O)NCc1ccccc1C. The maximum atomic E-state index is 13.7. The summed E-state index contributed by atoms with van der Waals surface area (Å²) in [7, 11) is 1.52. The van der Waals surface area contributed by atoms with Gasteiger partial charge >= 0.3 is 6.09 Å². The van der Waals surface area contributed by atoms with Crippen LogP contribution >= 0.6 is 11.8 Å². The number of aliphatic hydroxyl groups excluding tert-OH is 1. The van der Waals surface area contributed by atoms with E-state index < -0.39 is 41.0 Å². The predicted molar refractivity (Wildman–Crippen MR) is 156 cm³/mol. The number of benzene rings is 2. The molecule has 2 aromatic rings. The Labute approximate surface area is 241 Å². The molecule has 3 N–H and O–H groups in total. The third kappa shape index (κ3) is 8.22. The number of carbonyl (C=O) groups is 3. The van der Waals surface area contributed by atoms with Crippen molar-refractivity contribution in [1.29, 1.82) is 0 Å². The van der Waals surface area contributed by atoms with E-state index in [1.807, 2.05) is 82.3 Å². The summed E-state index contributed by atoms with van der Waals surface area (Å²) < 4.78 is 9.98. The van der Waals surface area contributed by atoms with Crippen LogP contribution in [0.15, 0.2) is 54.6 Å². The van der Waals surface area contributed by atoms with Crippen molar-refractivity contribution in [2.24, 2.45) is 0 Å². The number of thioether (sulfide) groups is 1. The van der Waals surface area contributed by atoms with Crippen molar-refractivity contribution < 1.29 is 29.0 Å². The number of rotatable bonds is 12. The quantitative estimate of drug-likeness (QED) is 0.357. The zero-order valence-corrected chi connectivity index (χ0v) is 24.7. The third-order valence-electron chi connectivity index (χ3n) is 7.11. The Morgan fingerprint density at radius 1 is 1.12 bits per heavy atom. The molecule has 3 amide bonds. The van der Waals surface area contributed by atoms with Gasteiger partial charge in [0.15, 0.2) is 6.10 Å². The molecule has 0 bridgehead atoms. The van der Waals surface area contributed by atoms with E-state index in [9.17, 15) is 19.5 Å². The van der Waals surface area contributed by atoms with Gasteiger partial charge in [-0.05, 0) is 50.3 Å². The summed E-state index contributed by atoms with van der Waals surface area (Å²) in [6.45, 7) is 8.23. The molecular formula is C30H41N3O6S. The lowest BCUT2D eigenvalue weighted by Gasteiger charge is -2.33. The van der Waals surface area contributed by atoms with E-state index in [-0.39, 0.29) is 24.8 Å². The molecule has 4 unspecified atom stereocenters. The number of hydrogen-bond acceptors (Lipinski definition) is 7. The fourth-order valence-corrected chi connectivity index (χ4v) is 5.85. The van der Waals surface area contributed by atoms with E-state index in [0.29, 0.717) is 13.0 Å². The van der Waals surface area contributed by atoms with Gasteiger partial charge in [0.05, 0.1) is 18.5 Å². The Bertz CT molecular complexity index is 1150. The van der Waals surface area contributed by atoms with E-state index in [0.717, 1.165) is 16.7 Å². The lowest BCUT2D eigenvalue weighted by molar-refractivity contribution is -0.147. The molecule has 1 aliphatic rings. The van der Waals surface area contributed by atoms with Crippen LogP contribution in [0.2, 0.25) is 0 Å². The second-order valence-electron chi connectivity index (χ2n) is 10.5. The predicted octanol–water partition coefficient (Wildman–Crippen LogP) is 3.41. The highest BCUT2D eigenvalue weighted by Gasteiger charge is 2.49. The molecule has 0 aromatic heterocycles. The molecule has 1 aliphatic heterocycles. The first-order valence-corrected chi connectivity index (χ1v) is 14.5. The zero-order valence-electron chi connectivity index (χ0n) is 23.9. The number of methoxy groups -OCH3 is 1.